The molecule has 0 aliphatic carbocycles. The molecule has 3 atom stereocenters. The summed E-state index contributed by atoms with van der Waals surface area (Å²) in [5, 5.41) is 2.76. The van der Waals surface area contributed by atoms with Crippen molar-refractivity contribution >= 4 is 11.8 Å². The molecule has 1 aliphatic heterocycles. The monoisotopic (exact) mass is 292 g/mol. The molecule has 1 heterocycles. The number of carbonyl (C=O) groups excluding carboxylic acids is 2. The second-order valence-electron chi connectivity index (χ2n) is 5.37. The average Bonchev–Trinajstić information content (AvgIpc) is 2.48. The van der Waals surface area contributed by atoms with Crippen LogP contribution in [0.5, 0.6) is 0 Å². The minimum atomic E-state index is -0.501. The lowest BCUT2D eigenvalue weighted by Crippen LogP contribution is -2.63. The second-order valence-corrected chi connectivity index (χ2v) is 5.37. The molecule has 1 saturated heterocycles. The summed E-state index contributed by atoms with van der Waals surface area (Å²) in [6, 6.07) is 4.86. The van der Waals surface area contributed by atoms with E-state index in [1.54, 1.807) is 17.0 Å². The molecule has 1 fully saturated rings. The van der Waals surface area contributed by atoms with Gasteiger partial charge in [-0.1, -0.05) is 26.0 Å². The van der Waals surface area contributed by atoms with E-state index >= 15 is 0 Å². The lowest BCUT2D eigenvalue weighted by atomic mass is 9.97. The Balaban J connectivity index is 2.36. The highest BCUT2D eigenvalue weighted by Gasteiger charge is 2.41. The molecule has 1 aromatic rings. The summed E-state index contributed by atoms with van der Waals surface area (Å²) in [5.74, 6) is -0.568. The largest absolute Gasteiger partial charge is 0.343 e. The van der Waals surface area contributed by atoms with Crippen LogP contribution in [0.3, 0.4) is 0 Å². The van der Waals surface area contributed by atoms with Crippen LogP contribution in [-0.2, 0) is 9.59 Å². The van der Waals surface area contributed by atoms with Gasteiger partial charge in [0.2, 0.25) is 11.8 Å². The molecule has 2 amide bonds. The van der Waals surface area contributed by atoms with Gasteiger partial charge in [0.1, 0.15) is 17.9 Å². The van der Waals surface area contributed by atoms with Gasteiger partial charge in [0.05, 0.1) is 6.04 Å². The lowest BCUT2D eigenvalue weighted by molar-refractivity contribution is -0.152. The Morgan fingerprint density at radius 1 is 1.29 bits per heavy atom. The summed E-state index contributed by atoms with van der Waals surface area (Å²) in [5.41, 5.74) is 0.700. The highest BCUT2D eigenvalue weighted by Crippen LogP contribution is 2.28. The van der Waals surface area contributed by atoms with Gasteiger partial charge in [0, 0.05) is 0 Å². The van der Waals surface area contributed by atoms with Crippen LogP contribution in [0.4, 0.5) is 4.39 Å². The van der Waals surface area contributed by atoms with E-state index in [0.717, 1.165) is 0 Å². The predicted octanol–water partition coefficient (Wildman–Crippen LogP) is 2.40. The molecule has 1 aromatic carbocycles. The molecule has 5 heteroatoms. The number of benzene rings is 1. The maximum absolute atomic E-state index is 13.4. The zero-order valence-corrected chi connectivity index (χ0v) is 12.6. The lowest BCUT2D eigenvalue weighted by Gasteiger charge is -2.42. The third-order valence-electron chi connectivity index (χ3n) is 4.05. The van der Waals surface area contributed by atoms with E-state index in [-0.39, 0.29) is 23.7 Å². The first-order valence-electron chi connectivity index (χ1n) is 7.37. The van der Waals surface area contributed by atoms with E-state index in [9.17, 15) is 14.0 Å². The van der Waals surface area contributed by atoms with Crippen molar-refractivity contribution in [3.05, 3.63) is 35.6 Å². The van der Waals surface area contributed by atoms with Crippen LogP contribution in [0.2, 0.25) is 0 Å². The van der Waals surface area contributed by atoms with Crippen molar-refractivity contribution in [1.82, 2.24) is 10.2 Å². The van der Waals surface area contributed by atoms with Crippen molar-refractivity contribution in [3.8, 4) is 0 Å². The number of piperazine rings is 1. The van der Waals surface area contributed by atoms with E-state index in [4.69, 9.17) is 0 Å². The molecule has 0 radical (unpaired) electrons. The van der Waals surface area contributed by atoms with E-state index < -0.39 is 12.1 Å². The minimum Gasteiger partial charge on any atom is -0.343 e. The number of nitrogens with zero attached hydrogens (tertiary/aromatic N) is 1. The normalized spacial score (nSPS) is 23.9. The third kappa shape index (κ3) is 2.91. The van der Waals surface area contributed by atoms with Crippen LogP contribution in [0.25, 0.3) is 0 Å². The summed E-state index contributed by atoms with van der Waals surface area (Å²) in [4.78, 5) is 26.4. The molecule has 0 aromatic heterocycles. The zero-order chi connectivity index (χ0) is 15.6. The highest BCUT2D eigenvalue weighted by atomic mass is 19.1. The van der Waals surface area contributed by atoms with Crippen molar-refractivity contribution in [2.24, 2.45) is 0 Å². The Morgan fingerprint density at radius 3 is 2.57 bits per heavy atom. The number of rotatable bonds is 4. The summed E-state index contributed by atoms with van der Waals surface area (Å²) < 4.78 is 13.4. The Bertz CT molecular complexity index is 547. The van der Waals surface area contributed by atoms with E-state index in [1.807, 2.05) is 20.8 Å². The highest BCUT2D eigenvalue weighted by molar-refractivity contribution is 5.97. The van der Waals surface area contributed by atoms with E-state index in [2.05, 4.69) is 5.32 Å². The van der Waals surface area contributed by atoms with E-state index in [0.29, 0.717) is 18.4 Å². The fraction of sp³-hybridized carbons (Fsp3) is 0.500. The van der Waals surface area contributed by atoms with Gasteiger partial charge in [0.15, 0.2) is 0 Å². The van der Waals surface area contributed by atoms with Gasteiger partial charge >= 0.3 is 0 Å². The van der Waals surface area contributed by atoms with Gasteiger partial charge in [-0.25, -0.2) is 4.39 Å². The van der Waals surface area contributed by atoms with Gasteiger partial charge in [0.25, 0.3) is 0 Å². The second kappa shape index (κ2) is 6.24. The van der Waals surface area contributed by atoms with Crippen LogP contribution in [0.15, 0.2) is 24.3 Å². The summed E-state index contributed by atoms with van der Waals surface area (Å²) in [7, 11) is 0. The fourth-order valence-electron chi connectivity index (χ4n) is 2.84. The van der Waals surface area contributed by atoms with Gasteiger partial charge in [-0.05, 0) is 37.5 Å². The van der Waals surface area contributed by atoms with Crippen LogP contribution >= 0.6 is 0 Å². The molecule has 0 bridgehead atoms. The van der Waals surface area contributed by atoms with Gasteiger partial charge in [-0.2, -0.15) is 0 Å². The van der Waals surface area contributed by atoms with Gasteiger partial charge in [-0.3, -0.25) is 9.59 Å². The Labute approximate surface area is 124 Å². The SMILES string of the molecule is CCC1NC(=O)C(CC)N(C(C)c2cccc(F)c2)C1=O. The maximum Gasteiger partial charge on any atom is 0.246 e. The summed E-state index contributed by atoms with van der Waals surface area (Å²) in [6.07, 6.45) is 1.08. The van der Waals surface area contributed by atoms with Crippen molar-refractivity contribution in [3.63, 3.8) is 0 Å². The van der Waals surface area contributed by atoms with Crippen LogP contribution < -0.4 is 5.32 Å². The van der Waals surface area contributed by atoms with Crippen molar-refractivity contribution in [2.75, 3.05) is 0 Å². The average molecular weight is 292 g/mol. The Kier molecular flexibility index (Phi) is 4.60. The molecule has 0 spiro atoms. The first-order chi connectivity index (χ1) is 9.99. The first kappa shape index (κ1) is 15.5. The smallest absolute Gasteiger partial charge is 0.246 e. The molecule has 4 nitrogen and oxygen atoms in total. The number of halogens is 1. The number of nitrogens with one attached hydrogen (secondary N) is 1. The summed E-state index contributed by atoms with van der Waals surface area (Å²) in [6.45, 7) is 5.57. The third-order valence-corrected chi connectivity index (χ3v) is 4.05. The zero-order valence-electron chi connectivity index (χ0n) is 12.6. The number of hydrogen-bond donors (Lipinski definition) is 1. The molecule has 0 saturated carbocycles. The minimum absolute atomic E-state index is 0.0966. The Hall–Kier alpha value is -1.91. The van der Waals surface area contributed by atoms with Gasteiger partial charge < -0.3 is 10.2 Å². The maximum atomic E-state index is 13.4. The van der Waals surface area contributed by atoms with Crippen LogP contribution in [-0.4, -0.2) is 28.8 Å². The van der Waals surface area contributed by atoms with Crippen LogP contribution in [0, 0.1) is 5.82 Å². The Morgan fingerprint density at radius 2 is 2.00 bits per heavy atom. The standard InChI is InChI=1S/C16H21FN2O2/c1-4-13-16(21)19(14(5-2)15(20)18-13)10(3)11-7-6-8-12(17)9-11/h6-10,13-14H,4-5H2,1-3H3,(H,18,20). The molecule has 1 aliphatic rings. The van der Waals surface area contributed by atoms with Crippen molar-refractivity contribution in [1.29, 1.82) is 0 Å². The molecule has 2 rings (SSSR count). The number of hydrogen-bond acceptors (Lipinski definition) is 2. The summed E-state index contributed by atoms with van der Waals surface area (Å²) >= 11 is 0. The molecular weight excluding hydrogens is 271 g/mol. The fourth-order valence-corrected chi connectivity index (χ4v) is 2.84. The first-order valence-corrected chi connectivity index (χ1v) is 7.37. The topological polar surface area (TPSA) is 49.4 Å². The molecular formula is C16H21FN2O2. The quantitative estimate of drug-likeness (QED) is 0.926. The van der Waals surface area contributed by atoms with E-state index in [1.165, 1.54) is 12.1 Å². The molecule has 21 heavy (non-hydrogen) atoms. The molecule has 114 valence electrons. The number of amides is 2. The predicted molar refractivity (Wildman–Crippen MR) is 78.0 cm³/mol. The molecule has 3 unspecified atom stereocenters. The van der Waals surface area contributed by atoms with Gasteiger partial charge in [-0.15, -0.1) is 0 Å². The van der Waals surface area contributed by atoms with Crippen molar-refractivity contribution in [2.45, 2.75) is 51.7 Å². The van der Waals surface area contributed by atoms with Crippen LogP contribution in [0.1, 0.15) is 45.2 Å². The van der Waals surface area contributed by atoms with Crippen molar-refractivity contribution < 1.29 is 14.0 Å². The number of carbonyl (C=O) groups is 2. The molecule has 1 N–H and O–H groups in total.